The summed E-state index contributed by atoms with van der Waals surface area (Å²) in [5.41, 5.74) is 0. The molecule has 0 spiro atoms. The Balaban J connectivity index is 3.38. The summed E-state index contributed by atoms with van der Waals surface area (Å²) in [6, 6.07) is 0.884. The van der Waals surface area contributed by atoms with Gasteiger partial charge in [-0.25, -0.2) is 0 Å². The van der Waals surface area contributed by atoms with Crippen molar-refractivity contribution in [3.8, 4) is 0 Å². The zero-order chi connectivity index (χ0) is 12.6. The third-order valence-electron chi connectivity index (χ3n) is 1.96. The maximum absolute atomic E-state index is 5.54. The van der Waals surface area contributed by atoms with Crippen LogP contribution in [0.25, 0.3) is 0 Å². The van der Waals surface area contributed by atoms with Crippen LogP contribution in [-0.2, 0) is 9.47 Å². The van der Waals surface area contributed by atoms with Gasteiger partial charge in [0.25, 0.3) is 0 Å². The van der Waals surface area contributed by atoms with E-state index < -0.39 is 0 Å². The Bertz CT molecular complexity index is 145. The molecular weight excluding hydrogens is 204 g/mol. The van der Waals surface area contributed by atoms with Crippen molar-refractivity contribution in [2.24, 2.45) is 0 Å². The summed E-state index contributed by atoms with van der Waals surface area (Å²) in [6.45, 7) is 13.7. The normalized spacial score (nSPS) is 15.8. The molecule has 98 valence electrons. The van der Waals surface area contributed by atoms with E-state index in [1.54, 1.807) is 0 Å². The number of nitrogens with one attached hydrogen (secondary N) is 2. The lowest BCUT2D eigenvalue weighted by Gasteiger charge is -2.20. The van der Waals surface area contributed by atoms with Gasteiger partial charge in [-0.3, -0.25) is 10.6 Å². The molecule has 0 bridgehead atoms. The molecule has 0 aliphatic heterocycles. The Hall–Kier alpha value is -0.160. The molecule has 0 heterocycles. The van der Waals surface area contributed by atoms with E-state index >= 15 is 0 Å². The van der Waals surface area contributed by atoms with Crippen LogP contribution in [0, 0.1) is 0 Å². The molecule has 0 aliphatic rings. The summed E-state index contributed by atoms with van der Waals surface area (Å²) >= 11 is 0. The molecule has 0 fully saturated rings. The van der Waals surface area contributed by atoms with Gasteiger partial charge in [-0.1, -0.05) is 0 Å². The lowest BCUT2D eigenvalue weighted by atomic mass is 10.4. The molecule has 2 unspecified atom stereocenters. The van der Waals surface area contributed by atoms with E-state index in [1.807, 2.05) is 13.8 Å². The molecule has 2 atom stereocenters. The van der Waals surface area contributed by atoms with E-state index in [-0.39, 0.29) is 12.5 Å². The van der Waals surface area contributed by atoms with Crippen LogP contribution in [0.1, 0.15) is 41.5 Å². The lowest BCUT2D eigenvalue weighted by molar-refractivity contribution is -0.0340. The largest absolute Gasteiger partial charge is 0.361 e. The van der Waals surface area contributed by atoms with Crippen molar-refractivity contribution >= 4 is 0 Å². The van der Waals surface area contributed by atoms with E-state index in [9.17, 15) is 0 Å². The zero-order valence-electron chi connectivity index (χ0n) is 11.5. The van der Waals surface area contributed by atoms with Crippen LogP contribution in [0.5, 0.6) is 0 Å². The number of ether oxygens (including phenoxy) is 2. The number of rotatable bonds is 9. The minimum atomic E-state index is 0.0805. The molecule has 0 amide bonds. The second-order valence-corrected chi connectivity index (χ2v) is 4.67. The van der Waals surface area contributed by atoms with Gasteiger partial charge in [-0.05, 0) is 41.5 Å². The first-order chi connectivity index (χ1) is 7.41. The monoisotopic (exact) mass is 232 g/mol. The van der Waals surface area contributed by atoms with Crippen molar-refractivity contribution in [3.05, 3.63) is 0 Å². The lowest BCUT2D eigenvalue weighted by Crippen LogP contribution is -2.37. The predicted octanol–water partition coefficient (Wildman–Crippen LogP) is 1.71. The van der Waals surface area contributed by atoms with Crippen molar-refractivity contribution in [1.82, 2.24) is 10.6 Å². The Morgan fingerprint density at radius 2 is 1.00 bits per heavy atom. The molecule has 0 rings (SSSR count). The molecule has 0 aromatic carbocycles. The first-order valence-electron chi connectivity index (χ1n) is 6.17. The molecule has 4 heteroatoms. The van der Waals surface area contributed by atoms with E-state index in [1.165, 1.54) is 0 Å². The van der Waals surface area contributed by atoms with Gasteiger partial charge in [0.1, 0.15) is 12.5 Å². The average molecular weight is 232 g/mol. The van der Waals surface area contributed by atoms with Crippen molar-refractivity contribution in [1.29, 1.82) is 0 Å². The maximum Gasteiger partial charge on any atom is 0.105 e. The van der Waals surface area contributed by atoms with Crippen molar-refractivity contribution in [2.75, 3.05) is 13.2 Å². The molecule has 2 N–H and O–H groups in total. The topological polar surface area (TPSA) is 42.5 Å². The summed E-state index contributed by atoms with van der Waals surface area (Å²) in [5, 5.41) is 6.54. The highest BCUT2D eigenvalue weighted by molar-refractivity contribution is 4.55. The highest BCUT2D eigenvalue weighted by Crippen LogP contribution is 1.92. The van der Waals surface area contributed by atoms with Crippen molar-refractivity contribution in [3.63, 3.8) is 0 Å². The van der Waals surface area contributed by atoms with Crippen LogP contribution >= 0.6 is 0 Å². The van der Waals surface area contributed by atoms with Gasteiger partial charge in [0.2, 0.25) is 0 Å². The molecule has 16 heavy (non-hydrogen) atoms. The zero-order valence-corrected chi connectivity index (χ0v) is 11.5. The minimum absolute atomic E-state index is 0.0805. The fraction of sp³-hybridized carbons (Fsp3) is 1.00. The molecule has 0 radical (unpaired) electrons. The maximum atomic E-state index is 5.54. The molecule has 0 saturated heterocycles. The summed E-state index contributed by atoms with van der Waals surface area (Å²) in [4.78, 5) is 0. The summed E-state index contributed by atoms with van der Waals surface area (Å²) < 4.78 is 11.1. The second kappa shape index (κ2) is 8.93. The molecular formula is C12H28N2O2. The van der Waals surface area contributed by atoms with E-state index in [0.29, 0.717) is 25.3 Å². The summed E-state index contributed by atoms with van der Waals surface area (Å²) in [5.74, 6) is 0. The molecule has 4 nitrogen and oxygen atoms in total. The summed E-state index contributed by atoms with van der Waals surface area (Å²) in [7, 11) is 0. The summed E-state index contributed by atoms with van der Waals surface area (Å²) in [6.07, 6.45) is 0.161. The van der Waals surface area contributed by atoms with Crippen LogP contribution in [0.4, 0.5) is 0 Å². The van der Waals surface area contributed by atoms with Gasteiger partial charge in [-0.2, -0.15) is 0 Å². The average Bonchev–Trinajstić information content (AvgIpc) is 2.10. The molecule has 0 aromatic heterocycles. The van der Waals surface area contributed by atoms with Gasteiger partial charge in [0, 0.05) is 12.1 Å². The Morgan fingerprint density at radius 3 is 1.25 bits per heavy atom. The highest BCUT2D eigenvalue weighted by atomic mass is 16.5. The third kappa shape index (κ3) is 10.4. The Kier molecular flexibility index (Phi) is 8.84. The first kappa shape index (κ1) is 15.8. The Labute approximate surface area is 100 Å². The predicted molar refractivity (Wildman–Crippen MR) is 67.4 cm³/mol. The smallest absolute Gasteiger partial charge is 0.105 e. The fourth-order valence-electron chi connectivity index (χ4n) is 1.48. The molecule has 0 saturated carbocycles. The van der Waals surface area contributed by atoms with Crippen LogP contribution in [0.3, 0.4) is 0 Å². The van der Waals surface area contributed by atoms with Crippen LogP contribution in [-0.4, -0.2) is 37.8 Å². The van der Waals surface area contributed by atoms with Crippen LogP contribution in [0.2, 0.25) is 0 Å². The van der Waals surface area contributed by atoms with Gasteiger partial charge in [0.15, 0.2) is 0 Å². The van der Waals surface area contributed by atoms with Gasteiger partial charge >= 0.3 is 0 Å². The standard InChI is InChI=1S/C12H28N2O2/c1-9(2)13-11(5)15-7-8-16-12(6)14-10(3)4/h9-14H,7-8H2,1-6H3. The van der Waals surface area contributed by atoms with Crippen molar-refractivity contribution in [2.45, 2.75) is 66.1 Å². The molecule has 0 aliphatic carbocycles. The van der Waals surface area contributed by atoms with E-state index in [0.717, 1.165) is 0 Å². The molecule has 0 aromatic rings. The van der Waals surface area contributed by atoms with Gasteiger partial charge in [0.05, 0.1) is 13.2 Å². The van der Waals surface area contributed by atoms with E-state index in [4.69, 9.17) is 9.47 Å². The number of hydrogen-bond acceptors (Lipinski definition) is 4. The van der Waals surface area contributed by atoms with Crippen molar-refractivity contribution < 1.29 is 9.47 Å². The van der Waals surface area contributed by atoms with Crippen LogP contribution in [0.15, 0.2) is 0 Å². The van der Waals surface area contributed by atoms with E-state index in [2.05, 4.69) is 38.3 Å². The SMILES string of the molecule is CC(C)NC(C)OCCOC(C)NC(C)C. The minimum Gasteiger partial charge on any atom is -0.361 e. The fourth-order valence-corrected chi connectivity index (χ4v) is 1.48. The second-order valence-electron chi connectivity index (χ2n) is 4.67. The highest BCUT2D eigenvalue weighted by Gasteiger charge is 2.05. The first-order valence-corrected chi connectivity index (χ1v) is 6.17. The quantitative estimate of drug-likeness (QED) is 0.469. The number of hydrogen-bond donors (Lipinski definition) is 2. The van der Waals surface area contributed by atoms with Gasteiger partial charge in [-0.15, -0.1) is 0 Å². The van der Waals surface area contributed by atoms with Gasteiger partial charge < -0.3 is 9.47 Å². The Morgan fingerprint density at radius 1 is 0.688 bits per heavy atom. The van der Waals surface area contributed by atoms with Crippen LogP contribution < -0.4 is 10.6 Å². The third-order valence-corrected chi connectivity index (χ3v) is 1.96.